The van der Waals surface area contributed by atoms with Gasteiger partial charge in [0.25, 0.3) is 0 Å². The zero-order valence-electron chi connectivity index (χ0n) is 19.7. The molecule has 1 fully saturated rings. The van der Waals surface area contributed by atoms with E-state index in [1.54, 1.807) is 17.5 Å². The van der Waals surface area contributed by atoms with Gasteiger partial charge < -0.3 is 15.0 Å². The molecule has 1 aliphatic rings. The maximum Gasteiger partial charge on any atom is 0.413 e. The quantitative estimate of drug-likeness (QED) is 0.397. The van der Waals surface area contributed by atoms with Crippen LogP contribution < -0.4 is 10.1 Å². The van der Waals surface area contributed by atoms with Gasteiger partial charge in [0.1, 0.15) is 10.8 Å². The molecular weight excluding hydrogens is 449 g/mol. The molecule has 34 heavy (non-hydrogen) atoms. The van der Waals surface area contributed by atoms with Crippen molar-refractivity contribution < 1.29 is 13.9 Å². The van der Waals surface area contributed by atoms with E-state index in [1.807, 2.05) is 42.5 Å². The number of halogens is 1. The number of hydrogen-bond acceptors (Lipinski definition) is 5. The molecule has 7 heteroatoms. The molecule has 0 aliphatic heterocycles. The highest BCUT2D eigenvalue weighted by Gasteiger charge is 2.30. The molecule has 0 bridgehead atoms. The van der Waals surface area contributed by atoms with Crippen molar-refractivity contribution in [2.75, 3.05) is 20.6 Å². The summed E-state index contributed by atoms with van der Waals surface area (Å²) in [6.45, 7) is 0.596. The first-order valence-corrected chi connectivity index (χ1v) is 12.8. The van der Waals surface area contributed by atoms with E-state index in [4.69, 9.17) is 4.74 Å². The van der Waals surface area contributed by atoms with Gasteiger partial charge in [-0.05, 0) is 62.9 Å². The van der Waals surface area contributed by atoms with Crippen LogP contribution >= 0.6 is 11.3 Å². The van der Waals surface area contributed by atoms with E-state index in [9.17, 15) is 9.18 Å². The van der Waals surface area contributed by atoms with Crippen LogP contribution in [0.5, 0.6) is 5.88 Å². The largest absolute Gasteiger partial charge is 0.413 e. The fourth-order valence-electron chi connectivity index (χ4n) is 4.97. The Balaban J connectivity index is 1.19. The molecule has 1 saturated carbocycles. The molecule has 1 aromatic heterocycles. The molecule has 1 heterocycles. The molecular formula is C27H32FN3O2S. The third-order valence-electron chi connectivity index (χ3n) is 6.63. The Hall–Kier alpha value is -2.77. The minimum Gasteiger partial charge on any atom is -0.390 e. The number of nitrogens with one attached hydrogen (secondary N) is 1. The molecule has 3 aromatic rings. The second kappa shape index (κ2) is 11.6. The lowest BCUT2D eigenvalue weighted by atomic mass is 9.75. The number of hydrogen-bond donors (Lipinski definition) is 1. The Morgan fingerprint density at radius 2 is 1.82 bits per heavy atom. The summed E-state index contributed by atoms with van der Waals surface area (Å²) in [5, 5.41) is 5.46. The summed E-state index contributed by atoms with van der Waals surface area (Å²) in [5.41, 5.74) is 2.19. The van der Waals surface area contributed by atoms with Crippen LogP contribution in [0.1, 0.15) is 43.7 Å². The molecule has 1 amide bonds. The van der Waals surface area contributed by atoms with Crippen LogP contribution in [0.2, 0.25) is 0 Å². The highest BCUT2D eigenvalue weighted by atomic mass is 32.1. The Bertz CT molecular complexity index is 1050. The van der Waals surface area contributed by atoms with Crippen molar-refractivity contribution in [1.82, 2.24) is 15.2 Å². The number of carbonyl (C=O) groups is 1. The predicted molar refractivity (Wildman–Crippen MR) is 134 cm³/mol. The summed E-state index contributed by atoms with van der Waals surface area (Å²) in [7, 11) is 4.20. The lowest BCUT2D eigenvalue weighted by Crippen LogP contribution is -2.32. The normalized spacial score (nSPS) is 19.1. The molecule has 0 saturated heterocycles. The topological polar surface area (TPSA) is 54.5 Å². The van der Waals surface area contributed by atoms with Gasteiger partial charge in [0.05, 0.1) is 5.38 Å². The number of thiazole rings is 1. The third kappa shape index (κ3) is 6.42. The van der Waals surface area contributed by atoms with Crippen LogP contribution in [0, 0.1) is 17.7 Å². The molecule has 1 unspecified atom stereocenters. The van der Waals surface area contributed by atoms with E-state index in [0.29, 0.717) is 30.3 Å². The molecule has 0 spiro atoms. The average Bonchev–Trinajstić information content (AvgIpc) is 3.30. The van der Waals surface area contributed by atoms with E-state index in [2.05, 4.69) is 29.3 Å². The van der Waals surface area contributed by atoms with Crippen molar-refractivity contribution in [1.29, 1.82) is 0 Å². The highest BCUT2D eigenvalue weighted by molar-refractivity contribution is 7.13. The summed E-state index contributed by atoms with van der Waals surface area (Å²) in [4.78, 5) is 18.8. The van der Waals surface area contributed by atoms with Crippen molar-refractivity contribution in [3.63, 3.8) is 0 Å². The van der Waals surface area contributed by atoms with E-state index < -0.39 is 6.09 Å². The van der Waals surface area contributed by atoms with Crippen LogP contribution in [0.3, 0.4) is 0 Å². The number of nitrogens with zero attached hydrogens (tertiary/aromatic N) is 2. The Morgan fingerprint density at radius 1 is 1.12 bits per heavy atom. The third-order valence-corrected chi connectivity index (χ3v) is 7.50. The van der Waals surface area contributed by atoms with Gasteiger partial charge in [-0.15, -0.1) is 11.3 Å². The minimum atomic E-state index is -0.456. The monoisotopic (exact) mass is 481 g/mol. The maximum absolute atomic E-state index is 13.4. The zero-order chi connectivity index (χ0) is 23.9. The summed E-state index contributed by atoms with van der Waals surface area (Å²) in [6, 6.07) is 17.1. The minimum absolute atomic E-state index is 0.192. The summed E-state index contributed by atoms with van der Waals surface area (Å²) >= 11 is 1.46. The van der Waals surface area contributed by atoms with Gasteiger partial charge in [0.2, 0.25) is 5.88 Å². The van der Waals surface area contributed by atoms with Crippen molar-refractivity contribution >= 4 is 17.4 Å². The first-order chi connectivity index (χ1) is 16.5. The summed E-state index contributed by atoms with van der Waals surface area (Å²) in [5.74, 6) is 1.29. The Morgan fingerprint density at radius 3 is 2.50 bits per heavy atom. The molecule has 1 N–H and O–H groups in total. The van der Waals surface area contributed by atoms with Crippen molar-refractivity contribution in [3.05, 3.63) is 71.4 Å². The fourth-order valence-corrected chi connectivity index (χ4v) is 5.70. The predicted octanol–water partition coefficient (Wildman–Crippen LogP) is 6.54. The van der Waals surface area contributed by atoms with Crippen molar-refractivity contribution in [3.8, 4) is 16.5 Å². The summed E-state index contributed by atoms with van der Waals surface area (Å²) < 4.78 is 18.7. The number of aromatic nitrogens is 1. The van der Waals surface area contributed by atoms with E-state index >= 15 is 0 Å². The van der Waals surface area contributed by atoms with E-state index in [0.717, 1.165) is 42.7 Å². The Labute approximate surface area is 205 Å². The van der Waals surface area contributed by atoms with Gasteiger partial charge in [-0.25, -0.2) is 14.2 Å². The molecule has 1 atom stereocenters. The number of ether oxygens (including phenoxy) is 1. The van der Waals surface area contributed by atoms with Crippen LogP contribution in [0.4, 0.5) is 9.18 Å². The van der Waals surface area contributed by atoms with Gasteiger partial charge in [-0.1, -0.05) is 55.3 Å². The molecule has 0 radical (unpaired) electrons. The lowest BCUT2D eigenvalue weighted by molar-refractivity contribution is 0.145. The smallest absolute Gasteiger partial charge is 0.390 e. The second-order valence-electron chi connectivity index (χ2n) is 9.20. The number of benzene rings is 2. The van der Waals surface area contributed by atoms with E-state index in [1.165, 1.54) is 16.9 Å². The molecule has 1 aliphatic carbocycles. The second-order valence-corrected chi connectivity index (χ2v) is 10.1. The van der Waals surface area contributed by atoms with Gasteiger partial charge in [-0.2, -0.15) is 0 Å². The number of amides is 1. The van der Waals surface area contributed by atoms with Gasteiger partial charge in [0, 0.05) is 18.2 Å². The lowest BCUT2D eigenvalue weighted by Gasteiger charge is -2.37. The summed E-state index contributed by atoms with van der Waals surface area (Å²) in [6.07, 6.45) is 5.03. The SMILES string of the molecule is CN(C)C(c1ccc(F)cc1)C1CCC(CCNC(=O)Oc2csc(-c3ccccc3)n2)CC1. The van der Waals surface area contributed by atoms with Gasteiger partial charge in [0.15, 0.2) is 0 Å². The van der Waals surface area contributed by atoms with Crippen LogP contribution in [-0.4, -0.2) is 36.6 Å². The molecule has 180 valence electrons. The first-order valence-electron chi connectivity index (χ1n) is 11.9. The average molecular weight is 482 g/mol. The first kappa shape index (κ1) is 24.4. The van der Waals surface area contributed by atoms with Gasteiger partial charge >= 0.3 is 6.09 Å². The molecule has 5 nitrogen and oxygen atoms in total. The standard InChI is InChI=1S/C27H32FN3O2S/c1-31(2)25(21-12-14-23(28)15-13-21)20-10-8-19(9-11-20)16-17-29-27(32)33-24-18-34-26(30-24)22-6-4-3-5-7-22/h3-7,12-15,18-20,25H,8-11,16-17H2,1-2H3,(H,29,32). The van der Waals surface area contributed by atoms with Crippen LogP contribution in [-0.2, 0) is 0 Å². The zero-order valence-corrected chi connectivity index (χ0v) is 20.6. The van der Waals surface area contributed by atoms with Crippen LogP contribution in [0.15, 0.2) is 60.0 Å². The van der Waals surface area contributed by atoms with Gasteiger partial charge in [-0.3, -0.25) is 0 Å². The Kier molecular flexibility index (Phi) is 8.29. The van der Waals surface area contributed by atoms with Crippen molar-refractivity contribution in [2.24, 2.45) is 11.8 Å². The van der Waals surface area contributed by atoms with Crippen LogP contribution in [0.25, 0.3) is 10.6 Å². The molecule has 2 aromatic carbocycles. The van der Waals surface area contributed by atoms with Crippen molar-refractivity contribution in [2.45, 2.75) is 38.1 Å². The van der Waals surface area contributed by atoms with E-state index in [-0.39, 0.29) is 5.82 Å². The highest BCUT2D eigenvalue weighted by Crippen LogP contribution is 2.40. The fraction of sp³-hybridized carbons (Fsp3) is 0.407. The number of rotatable bonds is 8. The number of carbonyl (C=O) groups excluding carboxylic acids is 1. The molecule has 4 rings (SSSR count). The maximum atomic E-state index is 13.4.